The number of carbonyl (C=O) groups is 1. The largest absolute Gasteiger partial charge is 0.353 e. The normalized spacial score (nSPS) is 35.8. The Bertz CT molecular complexity index is 208. The number of amides is 1. The standard InChI is InChI=1S/C10H17NO/c1-7-5-8(7)11-9(12)6-10(2)3-4-10/h7-8H,3-6H2,1-2H3,(H,11,12)/t7-,8-/m1/s1. The van der Waals surface area contributed by atoms with Crippen molar-refractivity contribution in [3.63, 3.8) is 0 Å². The van der Waals surface area contributed by atoms with Crippen molar-refractivity contribution < 1.29 is 4.79 Å². The predicted octanol–water partition coefficient (Wildman–Crippen LogP) is 1.70. The molecule has 2 saturated carbocycles. The molecule has 1 N–H and O–H groups in total. The fraction of sp³-hybridized carbons (Fsp3) is 0.900. The Morgan fingerprint density at radius 1 is 1.58 bits per heavy atom. The first kappa shape index (κ1) is 8.09. The number of hydrogen-bond donors (Lipinski definition) is 1. The van der Waals surface area contributed by atoms with Crippen LogP contribution in [0.3, 0.4) is 0 Å². The van der Waals surface area contributed by atoms with Gasteiger partial charge in [0.25, 0.3) is 0 Å². The van der Waals surface area contributed by atoms with Crippen LogP contribution in [0.2, 0.25) is 0 Å². The average Bonchev–Trinajstić information content (AvgIpc) is 2.78. The summed E-state index contributed by atoms with van der Waals surface area (Å²) >= 11 is 0. The van der Waals surface area contributed by atoms with E-state index in [1.165, 1.54) is 19.3 Å². The van der Waals surface area contributed by atoms with Crippen molar-refractivity contribution in [2.24, 2.45) is 11.3 Å². The molecule has 2 rings (SSSR count). The summed E-state index contributed by atoms with van der Waals surface area (Å²) < 4.78 is 0. The maximum absolute atomic E-state index is 11.4. The Labute approximate surface area is 73.7 Å². The monoisotopic (exact) mass is 167 g/mol. The van der Waals surface area contributed by atoms with Gasteiger partial charge in [0, 0.05) is 12.5 Å². The lowest BCUT2D eigenvalue weighted by atomic mass is 10.1. The number of hydrogen-bond acceptors (Lipinski definition) is 1. The predicted molar refractivity (Wildman–Crippen MR) is 47.7 cm³/mol. The second kappa shape index (κ2) is 2.48. The SMILES string of the molecule is C[C@@H]1C[C@H]1NC(=O)CC1(C)CC1. The van der Waals surface area contributed by atoms with Gasteiger partial charge in [-0.15, -0.1) is 0 Å². The van der Waals surface area contributed by atoms with Crippen molar-refractivity contribution in [3.05, 3.63) is 0 Å². The first-order valence-corrected chi connectivity index (χ1v) is 4.88. The molecule has 0 saturated heterocycles. The van der Waals surface area contributed by atoms with Crippen LogP contribution >= 0.6 is 0 Å². The van der Waals surface area contributed by atoms with Gasteiger partial charge in [-0.25, -0.2) is 0 Å². The van der Waals surface area contributed by atoms with E-state index in [0.29, 0.717) is 11.5 Å². The molecule has 0 aromatic heterocycles. The summed E-state index contributed by atoms with van der Waals surface area (Å²) in [5.74, 6) is 0.991. The van der Waals surface area contributed by atoms with Gasteiger partial charge in [0.15, 0.2) is 0 Å². The van der Waals surface area contributed by atoms with E-state index in [4.69, 9.17) is 0 Å². The molecule has 0 unspecified atom stereocenters. The average molecular weight is 167 g/mol. The minimum atomic E-state index is 0.268. The first-order valence-electron chi connectivity index (χ1n) is 4.88. The maximum atomic E-state index is 11.4. The van der Waals surface area contributed by atoms with Crippen molar-refractivity contribution >= 4 is 5.91 Å². The molecule has 0 bridgehead atoms. The molecule has 2 aliphatic rings. The smallest absolute Gasteiger partial charge is 0.220 e. The van der Waals surface area contributed by atoms with Crippen LogP contribution in [-0.2, 0) is 4.79 Å². The van der Waals surface area contributed by atoms with Crippen molar-refractivity contribution in [3.8, 4) is 0 Å². The van der Waals surface area contributed by atoms with Crippen LogP contribution in [0.25, 0.3) is 0 Å². The summed E-state index contributed by atoms with van der Waals surface area (Å²) in [6.45, 7) is 4.38. The van der Waals surface area contributed by atoms with Gasteiger partial charge in [0.2, 0.25) is 5.91 Å². The van der Waals surface area contributed by atoms with Gasteiger partial charge in [0.05, 0.1) is 0 Å². The van der Waals surface area contributed by atoms with Crippen LogP contribution in [0.4, 0.5) is 0 Å². The Morgan fingerprint density at radius 2 is 2.17 bits per heavy atom. The van der Waals surface area contributed by atoms with E-state index < -0.39 is 0 Å². The van der Waals surface area contributed by atoms with E-state index in [9.17, 15) is 4.79 Å². The molecule has 2 aliphatic carbocycles. The van der Waals surface area contributed by atoms with Crippen molar-refractivity contribution in [1.29, 1.82) is 0 Å². The summed E-state index contributed by atoms with van der Waals surface area (Å²) in [5, 5.41) is 3.06. The number of nitrogens with one attached hydrogen (secondary N) is 1. The zero-order valence-corrected chi connectivity index (χ0v) is 7.89. The molecule has 2 atom stereocenters. The molecule has 68 valence electrons. The van der Waals surface area contributed by atoms with E-state index in [2.05, 4.69) is 19.2 Å². The van der Waals surface area contributed by atoms with Crippen LogP contribution in [-0.4, -0.2) is 11.9 Å². The highest BCUT2D eigenvalue weighted by atomic mass is 16.1. The minimum absolute atomic E-state index is 0.268. The second-order valence-corrected chi connectivity index (χ2v) is 4.87. The molecule has 2 nitrogen and oxygen atoms in total. The van der Waals surface area contributed by atoms with Crippen LogP contribution in [0.5, 0.6) is 0 Å². The van der Waals surface area contributed by atoms with Gasteiger partial charge in [-0.05, 0) is 30.6 Å². The molecule has 2 heteroatoms. The third-order valence-electron chi connectivity index (χ3n) is 3.15. The topological polar surface area (TPSA) is 29.1 Å². The lowest BCUT2D eigenvalue weighted by Crippen LogP contribution is -2.28. The molecule has 2 fully saturated rings. The van der Waals surface area contributed by atoms with Gasteiger partial charge in [-0.3, -0.25) is 4.79 Å². The summed E-state index contributed by atoms with van der Waals surface area (Å²) in [4.78, 5) is 11.4. The molecule has 0 aromatic rings. The van der Waals surface area contributed by atoms with E-state index in [0.717, 1.165) is 12.3 Å². The highest BCUT2D eigenvalue weighted by Gasteiger charge is 2.41. The Morgan fingerprint density at radius 3 is 2.58 bits per heavy atom. The zero-order valence-electron chi connectivity index (χ0n) is 7.89. The Kier molecular flexibility index (Phi) is 1.67. The highest BCUT2D eigenvalue weighted by Crippen LogP contribution is 2.48. The lowest BCUT2D eigenvalue weighted by molar-refractivity contribution is -0.122. The second-order valence-electron chi connectivity index (χ2n) is 4.87. The summed E-state index contributed by atoms with van der Waals surface area (Å²) in [5.41, 5.74) is 0.363. The first-order chi connectivity index (χ1) is 5.59. The van der Waals surface area contributed by atoms with Crippen molar-refractivity contribution in [1.82, 2.24) is 5.32 Å². The van der Waals surface area contributed by atoms with Crippen LogP contribution in [0.15, 0.2) is 0 Å². The van der Waals surface area contributed by atoms with Gasteiger partial charge in [-0.2, -0.15) is 0 Å². The zero-order chi connectivity index (χ0) is 8.77. The maximum Gasteiger partial charge on any atom is 0.220 e. The summed E-state index contributed by atoms with van der Waals surface area (Å²) in [6, 6.07) is 0.500. The van der Waals surface area contributed by atoms with Crippen LogP contribution < -0.4 is 5.32 Å². The Balaban J connectivity index is 1.71. The molecule has 0 aliphatic heterocycles. The van der Waals surface area contributed by atoms with Gasteiger partial charge in [-0.1, -0.05) is 13.8 Å². The van der Waals surface area contributed by atoms with Crippen LogP contribution in [0.1, 0.15) is 39.5 Å². The highest BCUT2D eigenvalue weighted by molar-refractivity contribution is 5.77. The molecule has 0 radical (unpaired) electrons. The van der Waals surface area contributed by atoms with Crippen LogP contribution in [0, 0.1) is 11.3 Å². The molecule has 12 heavy (non-hydrogen) atoms. The van der Waals surface area contributed by atoms with Gasteiger partial charge < -0.3 is 5.32 Å². The minimum Gasteiger partial charge on any atom is -0.353 e. The molecule has 0 aromatic carbocycles. The molecule has 0 spiro atoms. The van der Waals surface area contributed by atoms with Gasteiger partial charge >= 0.3 is 0 Å². The van der Waals surface area contributed by atoms with E-state index in [1.54, 1.807) is 0 Å². The Hall–Kier alpha value is -0.530. The fourth-order valence-corrected chi connectivity index (χ4v) is 1.56. The molecular formula is C10H17NO. The fourth-order valence-electron chi connectivity index (χ4n) is 1.56. The molecular weight excluding hydrogens is 150 g/mol. The van der Waals surface area contributed by atoms with Crippen molar-refractivity contribution in [2.45, 2.75) is 45.6 Å². The van der Waals surface area contributed by atoms with E-state index in [-0.39, 0.29) is 5.91 Å². The quantitative estimate of drug-likeness (QED) is 0.681. The van der Waals surface area contributed by atoms with Crippen molar-refractivity contribution in [2.75, 3.05) is 0 Å². The summed E-state index contributed by atoms with van der Waals surface area (Å²) in [6.07, 6.45) is 4.40. The van der Waals surface area contributed by atoms with E-state index in [1.807, 2.05) is 0 Å². The van der Waals surface area contributed by atoms with E-state index >= 15 is 0 Å². The summed E-state index contributed by atoms with van der Waals surface area (Å²) in [7, 11) is 0. The number of rotatable bonds is 3. The molecule has 1 amide bonds. The third kappa shape index (κ3) is 1.79. The number of carbonyl (C=O) groups excluding carboxylic acids is 1. The lowest BCUT2D eigenvalue weighted by Gasteiger charge is -2.07. The van der Waals surface area contributed by atoms with Gasteiger partial charge in [0.1, 0.15) is 0 Å². The molecule has 0 heterocycles. The third-order valence-corrected chi connectivity index (χ3v) is 3.15.